The summed E-state index contributed by atoms with van der Waals surface area (Å²) < 4.78 is 25.1. The van der Waals surface area contributed by atoms with Gasteiger partial charge in [-0.15, -0.1) is 0 Å². The molecular formula is C20H18ClN3O3S. The highest BCUT2D eigenvalue weighted by Gasteiger charge is 2.13. The normalized spacial score (nSPS) is 11.1. The van der Waals surface area contributed by atoms with E-state index >= 15 is 0 Å². The number of aromatic nitrogens is 1. The Morgan fingerprint density at radius 2 is 1.57 bits per heavy atom. The summed E-state index contributed by atoms with van der Waals surface area (Å²) >= 11 is 6.10. The second-order valence-corrected chi connectivity index (χ2v) is 8.41. The molecule has 144 valence electrons. The van der Waals surface area contributed by atoms with E-state index in [9.17, 15) is 13.2 Å². The molecule has 0 aliphatic rings. The fourth-order valence-electron chi connectivity index (χ4n) is 2.62. The smallest absolute Gasteiger partial charge is 0.257 e. The van der Waals surface area contributed by atoms with Crippen LogP contribution in [-0.2, 0) is 16.4 Å². The average molecular weight is 416 g/mol. The SMILES string of the molecule is CS(=O)(=O)Nc1ccc(Cl)c(C(=O)Nc2ccc(Cc3ccncc3)cc2)c1. The van der Waals surface area contributed by atoms with Gasteiger partial charge >= 0.3 is 0 Å². The molecule has 0 atom stereocenters. The van der Waals surface area contributed by atoms with Crippen molar-refractivity contribution in [2.24, 2.45) is 0 Å². The summed E-state index contributed by atoms with van der Waals surface area (Å²) in [6.07, 6.45) is 5.30. The molecule has 0 unspecified atom stereocenters. The van der Waals surface area contributed by atoms with Crippen LogP contribution in [0.2, 0.25) is 5.02 Å². The Balaban J connectivity index is 1.71. The van der Waals surface area contributed by atoms with Gasteiger partial charge < -0.3 is 5.32 Å². The fourth-order valence-corrected chi connectivity index (χ4v) is 3.38. The predicted molar refractivity (Wildman–Crippen MR) is 111 cm³/mol. The van der Waals surface area contributed by atoms with Crippen LogP contribution in [0.15, 0.2) is 67.0 Å². The van der Waals surface area contributed by atoms with Crippen molar-refractivity contribution in [3.05, 3.63) is 88.7 Å². The number of pyridine rings is 1. The molecule has 1 heterocycles. The van der Waals surface area contributed by atoms with E-state index in [4.69, 9.17) is 11.6 Å². The Labute approximate surface area is 168 Å². The van der Waals surface area contributed by atoms with Crippen molar-refractivity contribution >= 4 is 38.9 Å². The summed E-state index contributed by atoms with van der Waals surface area (Å²) in [7, 11) is -3.45. The van der Waals surface area contributed by atoms with Crippen LogP contribution in [0.25, 0.3) is 0 Å². The maximum atomic E-state index is 12.5. The molecule has 3 aromatic rings. The molecule has 6 nitrogen and oxygen atoms in total. The lowest BCUT2D eigenvalue weighted by atomic mass is 10.1. The zero-order valence-corrected chi connectivity index (χ0v) is 16.6. The van der Waals surface area contributed by atoms with Crippen molar-refractivity contribution in [1.29, 1.82) is 0 Å². The van der Waals surface area contributed by atoms with Crippen molar-refractivity contribution in [2.75, 3.05) is 16.3 Å². The van der Waals surface area contributed by atoms with Gasteiger partial charge in [-0.25, -0.2) is 8.42 Å². The van der Waals surface area contributed by atoms with Crippen LogP contribution in [0, 0.1) is 0 Å². The van der Waals surface area contributed by atoms with E-state index in [1.54, 1.807) is 24.5 Å². The Morgan fingerprint density at radius 3 is 2.21 bits per heavy atom. The number of nitrogens with one attached hydrogen (secondary N) is 2. The Hall–Kier alpha value is -2.90. The van der Waals surface area contributed by atoms with Gasteiger partial charge in [-0.2, -0.15) is 0 Å². The Kier molecular flexibility index (Phi) is 5.96. The highest BCUT2D eigenvalue weighted by molar-refractivity contribution is 7.92. The first-order valence-corrected chi connectivity index (χ1v) is 10.6. The molecule has 0 bridgehead atoms. The van der Waals surface area contributed by atoms with Crippen molar-refractivity contribution in [2.45, 2.75) is 6.42 Å². The number of carbonyl (C=O) groups is 1. The first kappa shape index (κ1) is 19.9. The third kappa shape index (κ3) is 5.55. The Morgan fingerprint density at radius 1 is 0.964 bits per heavy atom. The quantitative estimate of drug-likeness (QED) is 0.638. The molecule has 0 spiro atoms. The minimum atomic E-state index is -3.45. The van der Waals surface area contributed by atoms with Gasteiger partial charge in [0.2, 0.25) is 10.0 Å². The lowest BCUT2D eigenvalue weighted by Crippen LogP contribution is -2.14. The number of amides is 1. The summed E-state index contributed by atoms with van der Waals surface area (Å²) in [5.74, 6) is -0.427. The molecule has 2 aromatic carbocycles. The van der Waals surface area contributed by atoms with Gasteiger partial charge in [-0.3, -0.25) is 14.5 Å². The molecule has 0 saturated heterocycles. The third-order valence-electron chi connectivity index (χ3n) is 3.88. The molecule has 1 aromatic heterocycles. The lowest BCUT2D eigenvalue weighted by Gasteiger charge is -2.10. The number of rotatable bonds is 6. The number of benzene rings is 2. The minimum absolute atomic E-state index is 0.177. The topological polar surface area (TPSA) is 88.2 Å². The molecule has 8 heteroatoms. The number of halogens is 1. The number of hydrogen-bond donors (Lipinski definition) is 2. The Bertz CT molecular complexity index is 1090. The predicted octanol–water partition coefficient (Wildman–Crippen LogP) is 3.95. The van der Waals surface area contributed by atoms with E-state index in [1.807, 2.05) is 24.3 Å². The number of sulfonamides is 1. The monoisotopic (exact) mass is 415 g/mol. The molecule has 0 saturated carbocycles. The number of anilines is 2. The van der Waals surface area contributed by atoms with Crippen molar-refractivity contribution in [3.8, 4) is 0 Å². The van der Waals surface area contributed by atoms with Crippen LogP contribution in [0.4, 0.5) is 11.4 Å². The van der Waals surface area contributed by atoms with E-state index in [1.165, 1.54) is 18.2 Å². The second-order valence-electron chi connectivity index (χ2n) is 6.25. The van der Waals surface area contributed by atoms with Crippen LogP contribution in [0.1, 0.15) is 21.5 Å². The number of nitrogens with zero attached hydrogens (tertiary/aromatic N) is 1. The molecule has 28 heavy (non-hydrogen) atoms. The van der Waals surface area contributed by atoms with Gasteiger partial charge in [0.1, 0.15) is 0 Å². The summed E-state index contributed by atoms with van der Waals surface area (Å²) in [4.78, 5) is 16.5. The summed E-state index contributed by atoms with van der Waals surface area (Å²) in [6.45, 7) is 0. The van der Waals surface area contributed by atoms with Crippen LogP contribution in [0.3, 0.4) is 0 Å². The van der Waals surface area contributed by atoms with Gasteiger partial charge in [0, 0.05) is 23.8 Å². The van der Waals surface area contributed by atoms with Crippen LogP contribution in [0.5, 0.6) is 0 Å². The summed E-state index contributed by atoms with van der Waals surface area (Å²) in [6, 6.07) is 15.7. The fraction of sp³-hybridized carbons (Fsp3) is 0.100. The molecule has 2 N–H and O–H groups in total. The minimum Gasteiger partial charge on any atom is -0.322 e. The summed E-state index contributed by atoms with van der Waals surface area (Å²) in [5.41, 5.74) is 3.30. The van der Waals surface area contributed by atoms with Crippen LogP contribution >= 0.6 is 11.6 Å². The molecule has 0 radical (unpaired) electrons. The van der Waals surface area contributed by atoms with Crippen molar-refractivity contribution < 1.29 is 13.2 Å². The average Bonchev–Trinajstić information content (AvgIpc) is 2.64. The third-order valence-corrected chi connectivity index (χ3v) is 4.82. The van der Waals surface area contributed by atoms with Gasteiger partial charge in [0.25, 0.3) is 5.91 Å². The van der Waals surface area contributed by atoms with E-state index in [-0.39, 0.29) is 16.3 Å². The van der Waals surface area contributed by atoms with Gasteiger partial charge in [0.05, 0.1) is 16.8 Å². The maximum absolute atomic E-state index is 12.5. The van der Waals surface area contributed by atoms with Gasteiger partial charge in [0.15, 0.2) is 0 Å². The first-order valence-electron chi connectivity index (χ1n) is 8.37. The van der Waals surface area contributed by atoms with Crippen LogP contribution in [-0.4, -0.2) is 25.6 Å². The molecular weight excluding hydrogens is 398 g/mol. The molecule has 0 aliphatic heterocycles. The van der Waals surface area contributed by atoms with E-state index in [0.717, 1.165) is 23.8 Å². The van der Waals surface area contributed by atoms with Crippen LogP contribution < -0.4 is 10.0 Å². The second kappa shape index (κ2) is 8.41. The molecule has 0 fully saturated rings. The molecule has 3 rings (SSSR count). The van der Waals surface area contributed by atoms with Crippen molar-refractivity contribution in [3.63, 3.8) is 0 Å². The van der Waals surface area contributed by atoms with Crippen molar-refractivity contribution in [1.82, 2.24) is 4.98 Å². The van der Waals surface area contributed by atoms with Gasteiger partial charge in [-0.1, -0.05) is 23.7 Å². The lowest BCUT2D eigenvalue weighted by molar-refractivity contribution is 0.102. The molecule has 0 aliphatic carbocycles. The maximum Gasteiger partial charge on any atom is 0.257 e. The number of carbonyl (C=O) groups excluding carboxylic acids is 1. The van der Waals surface area contributed by atoms with E-state index in [2.05, 4.69) is 15.0 Å². The highest BCUT2D eigenvalue weighted by atomic mass is 35.5. The zero-order chi connectivity index (χ0) is 20.1. The molecule has 1 amide bonds. The standard InChI is InChI=1S/C20H18ClN3O3S/c1-28(26,27)24-17-6-7-19(21)18(13-17)20(25)23-16-4-2-14(3-5-16)12-15-8-10-22-11-9-15/h2-11,13,24H,12H2,1H3,(H,23,25). The first-order chi connectivity index (χ1) is 13.3. The zero-order valence-electron chi connectivity index (χ0n) is 15.0. The van der Waals surface area contributed by atoms with Gasteiger partial charge in [-0.05, 0) is 60.0 Å². The largest absolute Gasteiger partial charge is 0.322 e. The summed E-state index contributed by atoms with van der Waals surface area (Å²) in [5, 5.41) is 3.00. The highest BCUT2D eigenvalue weighted by Crippen LogP contribution is 2.23. The van der Waals surface area contributed by atoms with E-state index < -0.39 is 15.9 Å². The number of hydrogen-bond acceptors (Lipinski definition) is 4. The van der Waals surface area contributed by atoms with E-state index in [0.29, 0.717) is 5.69 Å².